The molecule has 3 atom stereocenters. The van der Waals surface area contributed by atoms with E-state index in [9.17, 15) is 9.59 Å². The van der Waals surface area contributed by atoms with Crippen LogP contribution in [0.5, 0.6) is 0 Å². The average molecular weight is 400 g/mol. The Morgan fingerprint density at radius 1 is 1.39 bits per heavy atom. The minimum Gasteiger partial charge on any atom is -0.351 e. The summed E-state index contributed by atoms with van der Waals surface area (Å²) in [6, 6.07) is 8.03. The standard InChI is InChI=1S/C21H25N3O3S/c1-13(2)15-12-27-21-9-10-23(17(21)11-20(26)24(15)21)19(25)8-7-18-22-14-5-3-4-6-16(14)28-18/h3-6,13,15,17H,7-12H2,1-2H3/t15-,17+,21-/m0/s1. The molecule has 0 saturated carbocycles. The maximum absolute atomic E-state index is 13.0. The second-order valence-electron chi connectivity index (χ2n) is 8.36. The van der Waals surface area contributed by atoms with Gasteiger partial charge in [-0.3, -0.25) is 9.59 Å². The highest BCUT2D eigenvalue weighted by Crippen LogP contribution is 2.49. The van der Waals surface area contributed by atoms with Crippen LogP contribution in [0.1, 0.15) is 38.1 Å². The number of aromatic nitrogens is 1. The van der Waals surface area contributed by atoms with Gasteiger partial charge in [-0.05, 0) is 18.1 Å². The van der Waals surface area contributed by atoms with Crippen LogP contribution in [0.25, 0.3) is 10.2 Å². The summed E-state index contributed by atoms with van der Waals surface area (Å²) in [7, 11) is 0. The van der Waals surface area contributed by atoms with E-state index in [1.54, 1.807) is 11.3 Å². The Kier molecular flexibility index (Phi) is 4.21. The highest BCUT2D eigenvalue weighted by Gasteiger charge is 2.65. The topological polar surface area (TPSA) is 62.7 Å². The Morgan fingerprint density at radius 2 is 2.21 bits per heavy atom. The van der Waals surface area contributed by atoms with E-state index in [1.807, 2.05) is 28.0 Å². The molecule has 3 fully saturated rings. The molecular formula is C21H25N3O3S. The summed E-state index contributed by atoms with van der Waals surface area (Å²) in [5.41, 5.74) is 0.406. The first-order chi connectivity index (χ1) is 13.5. The van der Waals surface area contributed by atoms with E-state index < -0.39 is 5.72 Å². The van der Waals surface area contributed by atoms with Crippen LogP contribution < -0.4 is 0 Å². The van der Waals surface area contributed by atoms with Crippen molar-refractivity contribution in [2.24, 2.45) is 5.92 Å². The van der Waals surface area contributed by atoms with E-state index in [2.05, 4.69) is 24.9 Å². The molecule has 0 unspecified atom stereocenters. The molecule has 1 aromatic heterocycles. The van der Waals surface area contributed by atoms with E-state index in [0.29, 0.717) is 38.3 Å². The number of nitrogens with zero attached hydrogens (tertiary/aromatic N) is 3. The van der Waals surface area contributed by atoms with Gasteiger partial charge in [0.2, 0.25) is 11.8 Å². The van der Waals surface area contributed by atoms with Crippen molar-refractivity contribution in [1.82, 2.24) is 14.8 Å². The summed E-state index contributed by atoms with van der Waals surface area (Å²) in [6.45, 7) is 5.50. The maximum atomic E-state index is 13.0. The number of likely N-dealkylation sites (tertiary alicyclic amines) is 1. The Hall–Kier alpha value is -1.99. The SMILES string of the molecule is CC(C)[C@@H]1CO[C@@]23CCN(C(=O)CCc4nc5ccccc5s4)[C@@H]2CC(=O)N13. The van der Waals surface area contributed by atoms with Gasteiger partial charge in [-0.25, -0.2) is 4.98 Å². The van der Waals surface area contributed by atoms with Crippen LogP contribution in [0.3, 0.4) is 0 Å². The third kappa shape index (κ3) is 2.59. The monoisotopic (exact) mass is 399 g/mol. The Morgan fingerprint density at radius 3 is 3.00 bits per heavy atom. The molecule has 1 spiro atoms. The van der Waals surface area contributed by atoms with E-state index in [1.165, 1.54) is 0 Å². The first-order valence-electron chi connectivity index (χ1n) is 10.1. The number of rotatable bonds is 4. The lowest BCUT2D eigenvalue weighted by Gasteiger charge is -2.34. The Bertz CT molecular complexity index is 909. The molecule has 4 heterocycles. The van der Waals surface area contributed by atoms with Gasteiger partial charge < -0.3 is 14.5 Å². The van der Waals surface area contributed by atoms with Crippen LogP contribution in [0.4, 0.5) is 0 Å². The van der Waals surface area contributed by atoms with Gasteiger partial charge in [0.1, 0.15) is 0 Å². The van der Waals surface area contributed by atoms with Crippen molar-refractivity contribution in [2.45, 2.75) is 57.3 Å². The third-order valence-electron chi connectivity index (χ3n) is 6.47. The molecule has 0 aliphatic carbocycles. The predicted molar refractivity (Wildman–Crippen MR) is 107 cm³/mol. The number of para-hydroxylation sites is 1. The van der Waals surface area contributed by atoms with Crippen LogP contribution in [0, 0.1) is 5.92 Å². The number of benzene rings is 1. The smallest absolute Gasteiger partial charge is 0.227 e. The molecule has 3 aliphatic heterocycles. The van der Waals surface area contributed by atoms with Gasteiger partial charge in [0, 0.05) is 25.8 Å². The molecule has 28 heavy (non-hydrogen) atoms. The van der Waals surface area contributed by atoms with Gasteiger partial charge in [0.15, 0.2) is 5.72 Å². The second-order valence-corrected chi connectivity index (χ2v) is 9.48. The predicted octanol–water partition coefficient (Wildman–Crippen LogP) is 2.81. The summed E-state index contributed by atoms with van der Waals surface area (Å²) < 4.78 is 7.37. The normalized spacial score (nSPS) is 29.2. The Labute approximate surface area is 168 Å². The summed E-state index contributed by atoms with van der Waals surface area (Å²) in [6.07, 6.45) is 2.17. The van der Waals surface area contributed by atoms with Crippen LogP contribution in [0.15, 0.2) is 24.3 Å². The van der Waals surface area contributed by atoms with E-state index >= 15 is 0 Å². The number of carbonyl (C=O) groups is 2. The van der Waals surface area contributed by atoms with Crippen molar-refractivity contribution >= 4 is 33.4 Å². The van der Waals surface area contributed by atoms with Gasteiger partial charge in [0.05, 0.1) is 40.3 Å². The fraction of sp³-hybridized carbons (Fsp3) is 0.571. The molecule has 6 nitrogen and oxygen atoms in total. The number of amides is 2. The lowest BCUT2D eigenvalue weighted by atomic mass is 10.0. The lowest BCUT2D eigenvalue weighted by molar-refractivity contribution is -0.141. The van der Waals surface area contributed by atoms with Crippen LogP contribution in [-0.2, 0) is 20.7 Å². The molecule has 0 N–H and O–H groups in total. The van der Waals surface area contributed by atoms with Crippen molar-refractivity contribution in [2.75, 3.05) is 13.2 Å². The summed E-state index contributed by atoms with van der Waals surface area (Å²) in [4.78, 5) is 34.2. The number of fused-ring (bicyclic) bond motifs is 1. The number of aryl methyl sites for hydroxylation is 1. The van der Waals surface area contributed by atoms with Crippen molar-refractivity contribution in [1.29, 1.82) is 0 Å². The molecule has 0 radical (unpaired) electrons. The van der Waals surface area contributed by atoms with E-state index in [0.717, 1.165) is 21.6 Å². The van der Waals surface area contributed by atoms with Gasteiger partial charge in [-0.2, -0.15) is 0 Å². The largest absolute Gasteiger partial charge is 0.351 e. The quantitative estimate of drug-likeness (QED) is 0.793. The molecule has 0 bridgehead atoms. The maximum Gasteiger partial charge on any atom is 0.227 e. The van der Waals surface area contributed by atoms with Crippen molar-refractivity contribution < 1.29 is 14.3 Å². The van der Waals surface area contributed by atoms with Crippen molar-refractivity contribution in [3.05, 3.63) is 29.3 Å². The molecule has 3 saturated heterocycles. The first kappa shape index (κ1) is 18.1. The molecule has 3 aliphatic rings. The van der Waals surface area contributed by atoms with Crippen LogP contribution in [-0.4, -0.2) is 57.6 Å². The van der Waals surface area contributed by atoms with Crippen LogP contribution in [0.2, 0.25) is 0 Å². The summed E-state index contributed by atoms with van der Waals surface area (Å²) in [5, 5.41) is 0.990. The fourth-order valence-electron chi connectivity index (χ4n) is 5.05. The highest BCUT2D eigenvalue weighted by atomic mass is 32.1. The van der Waals surface area contributed by atoms with Gasteiger partial charge >= 0.3 is 0 Å². The number of carbonyl (C=O) groups excluding carboxylic acids is 2. The molecule has 1 aromatic carbocycles. The molecule has 2 aromatic rings. The number of ether oxygens (including phenoxy) is 1. The minimum absolute atomic E-state index is 0.104. The Balaban J connectivity index is 1.30. The lowest BCUT2D eigenvalue weighted by Crippen LogP contribution is -2.51. The summed E-state index contributed by atoms with van der Waals surface area (Å²) in [5.74, 6) is 0.586. The fourth-order valence-corrected chi connectivity index (χ4v) is 6.02. The van der Waals surface area contributed by atoms with E-state index in [-0.39, 0.29) is 23.9 Å². The zero-order valence-electron chi connectivity index (χ0n) is 16.3. The number of hydrogen-bond acceptors (Lipinski definition) is 5. The molecule has 148 valence electrons. The molecular weight excluding hydrogens is 374 g/mol. The highest BCUT2D eigenvalue weighted by molar-refractivity contribution is 7.18. The molecule has 5 rings (SSSR count). The summed E-state index contributed by atoms with van der Waals surface area (Å²) >= 11 is 1.65. The molecule has 7 heteroatoms. The number of thiazole rings is 1. The second kappa shape index (κ2) is 6.52. The van der Waals surface area contributed by atoms with Crippen molar-refractivity contribution in [3.63, 3.8) is 0 Å². The molecule has 2 amide bonds. The average Bonchev–Trinajstić information content (AvgIpc) is 3.39. The van der Waals surface area contributed by atoms with E-state index in [4.69, 9.17) is 4.74 Å². The van der Waals surface area contributed by atoms with Gasteiger partial charge in [-0.1, -0.05) is 26.0 Å². The third-order valence-corrected chi connectivity index (χ3v) is 7.56. The number of hydrogen-bond donors (Lipinski definition) is 0. The minimum atomic E-state index is -0.586. The zero-order valence-corrected chi connectivity index (χ0v) is 17.1. The first-order valence-corrected chi connectivity index (χ1v) is 10.9. The van der Waals surface area contributed by atoms with Gasteiger partial charge in [-0.15, -0.1) is 11.3 Å². The zero-order chi connectivity index (χ0) is 19.5. The van der Waals surface area contributed by atoms with Gasteiger partial charge in [0.25, 0.3) is 0 Å². The van der Waals surface area contributed by atoms with Crippen molar-refractivity contribution in [3.8, 4) is 0 Å². The van der Waals surface area contributed by atoms with Crippen LogP contribution >= 0.6 is 11.3 Å².